The fourth-order valence-corrected chi connectivity index (χ4v) is 3.82. The molecule has 3 aromatic rings. The Balaban J connectivity index is 1.72. The van der Waals surface area contributed by atoms with Gasteiger partial charge in [0.2, 0.25) is 5.78 Å². The zero-order chi connectivity index (χ0) is 19.3. The van der Waals surface area contributed by atoms with Gasteiger partial charge in [-0.1, -0.05) is 42.5 Å². The zero-order valence-corrected chi connectivity index (χ0v) is 14.8. The summed E-state index contributed by atoms with van der Waals surface area (Å²) < 4.78 is 0. The van der Waals surface area contributed by atoms with E-state index in [9.17, 15) is 14.4 Å². The second kappa shape index (κ2) is 6.09. The van der Waals surface area contributed by atoms with Crippen LogP contribution in [0.1, 0.15) is 36.8 Å². The van der Waals surface area contributed by atoms with Crippen molar-refractivity contribution in [3.05, 3.63) is 107 Å². The van der Waals surface area contributed by atoms with Gasteiger partial charge in [-0.25, -0.2) is 0 Å². The lowest BCUT2D eigenvalue weighted by Crippen LogP contribution is -2.31. The van der Waals surface area contributed by atoms with Gasteiger partial charge in [-0.2, -0.15) is 0 Å². The molecule has 0 bridgehead atoms. The number of hydrogen-bond acceptors (Lipinski definition) is 4. The molecule has 5 rings (SSSR count). The second-order valence-corrected chi connectivity index (χ2v) is 6.69. The van der Waals surface area contributed by atoms with E-state index in [0.29, 0.717) is 28.8 Å². The van der Waals surface area contributed by atoms with E-state index in [1.165, 1.54) is 11.1 Å². The Morgan fingerprint density at radius 1 is 0.821 bits per heavy atom. The minimum absolute atomic E-state index is 0.137. The molecule has 28 heavy (non-hydrogen) atoms. The summed E-state index contributed by atoms with van der Waals surface area (Å²) in [5.74, 6) is -0.938. The largest absolute Gasteiger partial charge is 0.289 e. The smallest absolute Gasteiger partial charge is 0.281 e. The highest BCUT2D eigenvalue weighted by atomic mass is 16.2. The monoisotopic (exact) mass is 366 g/mol. The molecule has 2 aromatic carbocycles. The Morgan fingerprint density at radius 2 is 1.54 bits per heavy atom. The van der Waals surface area contributed by atoms with Crippen LogP contribution in [0.4, 0.5) is 5.69 Å². The fraction of sp³-hybridized carbons (Fsp3) is 0.0435. The molecule has 0 unspecified atom stereocenters. The van der Waals surface area contributed by atoms with Crippen LogP contribution < -0.4 is 4.90 Å². The number of pyridine rings is 1. The van der Waals surface area contributed by atoms with E-state index in [4.69, 9.17) is 0 Å². The molecule has 0 saturated carbocycles. The van der Waals surface area contributed by atoms with E-state index in [0.717, 1.165) is 5.56 Å². The SMILES string of the molecule is O=C1/C(=C2/C(=O)c3ccccc3N2C(=O)c2ccccn2)Cc2ccccc21. The van der Waals surface area contributed by atoms with Gasteiger partial charge in [0.05, 0.1) is 5.69 Å². The van der Waals surface area contributed by atoms with Gasteiger partial charge in [-0.05, 0) is 29.8 Å². The van der Waals surface area contributed by atoms with Crippen LogP contribution >= 0.6 is 0 Å². The molecule has 1 aliphatic carbocycles. The number of fused-ring (bicyclic) bond motifs is 2. The first-order chi connectivity index (χ1) is 13.7. The predicted octanol–water partition coefficient (Wildman–Crippen LogP) is 3.62. The number of rotatable bonds is 1. The summed E-state index contributed by atoms with van der Waals surface area (Å²) in [7, 11) is 0. The predicted molar refractivity (Wildman–Crippen MR) is 103 cm³/mol. The second-order valence-electron chi connectivity index (χ2n) is 6.69. The third kappa shape index (κ3) is 2.26. The highest BCUT2D eigenvalue weighted by molar-refractivity contribution is 6.31. The minimum Gasteiger partial charge on any atom is -0.289 e. The van der Waals surface area contributed by atoms with Gasteiger partial charge in [-0.3, -0.25) is 24.3 Å². The molecule has 0 radical (unpaired) electrons. The van der Waals surface area contributed by atoms with Crippen molar-refractivity contribution in [2.24, 2.45) is 0 Å². The van der Waals surface area contributed by atoms with Crippen LogP contribution in [0.5, 0.6) is 0 Å². The lowest BCUT2D eigenvalue weighted by molar-refractivity contribution is 0.0965. The number of amides is 1. The average Bonchev–Trinajstić information content (AvgIpc) is 3.23. The van der Waals surface area contributed by atoms with Gasteiger partial charge in [-0.15, -0.1) is 0 Å². The summed E-state index contributed by atoms with van der Waals surface area (Å²) >= 11 is 0. The maximum atomic E-state index is 13.3. The molecule has 5 heteroatoms. The molecule has 0 fully saturated rings. The lowest BCUT2D eigenvalue weighted by Gasteiger charge is -2.19. The number of benzene rings is 2. The molecule has 2 aliphatic rings. The molecule has 0 spiro atoms. The Bertz CT molecular complexity index is 1200. The minimum atomic E-state index is -0.426. The van der Waals surface area contributed by atoms with Crippen LogP contribution in [-0.2, 0) is 6.42 Å². The summed E-state index contributed by atoms with van der Waals surface area (Å²) in [6, 6.07) is 19.2. The standard InChI is InChI=1S/C23H14N2O3/c26-21-15-8-2-1-7-14(15)13-17(21)20-22(27)16-9-3-4-11-19(16)25(20)23(28)18-10-5-6-12-24-18/h1-12H,13H2/b20-17-. The molecule has 1 aliphatic heterocycles. The molecular weight excluding hydrogens is 352 g/mol. The number of allylic oxidation sites excluding steroid dienone is 2. The molecule has 134 valence electrons. The van der Waals surface area contributed by atoms with Crippen LogP contribution in [0.15, 0.2) is 84.2 Å². The van der Waals surface area contributed by atoms with E-state index in [-0.39, 0.29) is 23.0 Å². The Morgan fingerprint density at radius 3 is 2.29 bits per heavy atom. The van der Waals surface area contributed by atoms with E-state index in [1.54, 1.807) is 54.6 Å². The fourth-order valence-electron chi connectivity index (χ4n) is 3.82. The highest BCUT2D eigenvalue weighted by Gasteiger charge is 2.42. The number of Topliss-reactive ketones (excluding diaryl/α,β-unsaturated/α-hetero) is 2. The van der Waals surface area contributed by atoms with Gasteiger partial charge in [0.15, 0.2) is 5.78 Å². The van der Waals surface area contributed by atoms with Crippen LogP contribution in [0.3, 0.4) is 0 Å². The van der Waals surface area contributed by atoms with Gasteiger partial charge in [0, 0.05) is 29.3 Å². The Hall–Kier alpha value is -3.86. The van der Waals surface area contributed by atoms with Crippen molar-refractivity contribution in [2.75, 3.05) is 4.90 Å². The van der Waals surface area contributed by atoms with Crippen LogP contribution in [0.2, 0.25) is 0 Å². The number of hydrogen-bond donors (Lipinski definition) is 0. The number of aromatic nitrogens is 1. The average molecular weight is 366 g/mol. The van der Waals surface area contributed by atoms with E-state index in [2.05, 4.69) is 4.98 Å². The van der Waals surface area contributed by atoms with Gasteiger partial charge >= 0.3 is 0 Å². The Labute approximate surface area is 160 Å². The van der Waals surface area contributed by atoms with Gasteiger partial charge < -0.3 is 0 Å². The molecular formula is C23H14N2O3. The molecule has 0 atom stereocenters. The van der Waals surface area contributed by atoms with Crippen molar-refractivity contribution >= 4 is 23.2 Å². The van der Waals surface area contributed by atoms with E-state index >= 15 is 0 Å². The number of para-hydroxylation sites is 1. The Kier molecular flexibility index (Phi) is 3.55. The van der Waals surface area contributed by atoms with E-state index < -0.39 is 5.91 Å². The first kappa shape index (κ1) is 16.3. The van der Waals surface area contributed by atoms with Crippen molar-refractivity contribution in [3.8, 4) is 0 Å². The van der Waals surface area contributed by atoms with Crippen molar-refractivity contribution in [3.63, 3.8) is 0 Å². The topological polar surface area (TPSA) is 67.3 Å². The first-order valence-electron chi connectivity index (χ1n) is 8.92. The number of ketones is 2. The van der Waals surface area contributed by atoms with Crippen molar-refractivity contribution in [1.82, 2.24) is 4.98 Å². The quantitative estimate of drug-likeness (QED) is 0.617. The van der Waals surface area contributed by atoms with Crippen LogP contribution in [0, 0.1) is 0 Å². The molecule has 2 heterocycles. The summed E-state index contributed by atoms with van der Waals surface area (Å²) in [6.07, 6.45) is 1.86. The van der Waals surface area contributed by atoms with Crippen molar-refractivity contribution in [2.45, 2.75) is 6.42 Å². The first-order valence-corrected chi connectivity index (χ1v) is 8.92. The molecule has 0 saturated heterocycles. The molecule has 1 amide bonds. The third-order valence-corrected chi connectivity index (χ3v) is 5.10. The van der Waals surface area contributed by atoms with Gasteiger partial charge in [0.1, 0.15) is 11.4 Å². The number of carbonyl (C=O) groups is 3. The molecule has 0 N–H and O–H groups in total. The number of nitrogens with zero attached hydrogens (tertiary/aromatic N) is 2. The van der Waals surface area contributed by atoms with Crippen molar-refractivity contribution in [1.29, 1.82) is 0 Å². The maximum absolute atomic E-state index is 13.3. The number of anilines is 1. The maximum Gasteiger partial charge on any atom is 0.281 e. The summed E-state index contributed by atoms with van der Waals surface area (Å²) in [5, 5.41) is 0. The summed E-state index contributed by atoms with van der Waals surface area (Å²) in [5.41, 5.74) is 3.05. The summed E-state index contributed by atoms with van der Waals surface area (Å²) in [6.45, 7) is 0. The normalized spacial score (nSPS) is 17.6. The van der Waals surface area contributed by atoms with Gasteiger partial charge in [0.25, 0.3) is 5.91 Å². The van der Waals surface area contributed by atoms with E-state index in [1.807, 2.05) is 12.1 Å². The zero-order valence-electron chi connectivity index (χ0n) is 14.8. The van der Waals surface area contributed by atoms with Crippen molar-refractivity contribution < 1.29 is 14.4 Å². The lowest BCUT2D eigenvalue weighted by atomic mass is 10.0. The van der Waals surface area contributed by atoms with Crippen LogP contribution in [-0.4, -0.2) is 22.5 Å². The summed E-state index contributed by atoms with van der Waals surface area (Å²) in [4.78, 5) is 45.0. The highest BCUT2D eigenvalue weighted by Crippen LogP contribution is 2.40. The molecule has 1 aromatic heterocycles. The number of carbonyl (C=O) groups excluding carboxylic acids is 3. The third-order valence-electron chi connectivity index (χ3n) is 5.10. The van der Waals surface area contributed by atoms with Crippen LogP contribution in [0.25, 0.3) is 0 Å². The molecule has 5 nitrogen and oxygen atoms in total.